The van der Waals surface area contributed by atoms with Gasteiger partial charge in [0.2, 0.25) is 0 Å². The lowest BCUT2D eigenvalue weighted by Crippen LogP contribution is -2.36. The zero-order valence-corrected chi connectivity index (χ0v) is 11.5. The van der Waals surface area contributed by atoms with Gasteiger partial charge in [-0.25, -0.2) is 4.39 Å². The van der Waals surface area contributed by atoms with E-state index in [4.69, 9.17) is 16.3 Å². The van der Waals surface area contributed by atoms with Crippen molar-refractivity contribution in [3.05, 3.63) is 34.6 Å². The second kappa shape index (κ2) is 6.00. The maximum atomic E-state index is 13.8. The first kappa shape index (κ1) is 13.8. The molecule has 1 saturated heterocycles. The fourth-order valence-electron chi connectivity index (χ4n) is 2.56. The molecule has 0 bridgehead atoms. The fraction of sp³-hybridized carbons (Fsp3) is 0.571. The molecule has 1 aliphatic heterocycles. The van der Waals surface area contributed by atoms with E-state index in [2.05, 4.69) is 12.2 Å². The number of halogens is 2. The van der Waals surface area contributed by atoms with Gasteiger partial charge in [-0.1, -0.05) is 17.7 Å². The van der Waals surface area contributed by atoms with E-state index >= 15 is 0 Å². The molecule has 3 atom stereocenters. The van der Waals surface area contributed by atoms with Crippen LogP contribution in [-0.4, -0.2) is 25.8 Å². The molecular formula is C14H19ClFNO. The molecular weight excluding hydrogens is 253 g/mol. The third-order valence-corrected chi connectivity index (χ3v) is 3.86. The molecule has 0 spiro atoms. The third kappa shape index (κ3) is 3.22. The molecule has 2 nitrogen and oxygen atoms in total. The van der Waals surface area contributed by atoms with E-state index in [1.54, 1.807) is 12.1 Å². The second-order valence-electron chi connectivity index (χ2n) is 4.97. The summed E-state index contributed by atoms with van der Waals surface area (Å²) in [6.45, 7) is 2.83. The van der Waals surface area contributed by atoms with Gasteiger partial charge in [0, 0.05) is 17.0 Å². The predicted octanol–water partition coefficient (Wildman–Crippen LogP) is 3.03. The van der Waals surface area contributed by atoms with Gasteiger partial charge in [0.25, 0.3) is 0 Å². The highest BCUT2D eigenvalue weighted by Crippen LogP contribution is 2.25. The van der Waals surface area contributed by atoms with Gasteiger partial charge in [-0.2, -0.15) is 0 Å². The lowest BCUT2D eigenvalue weighted by atomic mass is 9.91. The monoisotopic (exact) mass is 271 g/mol. The van der Waals surface area contributed by atoms with Crippen LogP contribution < -0.4 is 5.32 Å². The Labute approximate surface area is 112 Å². The molecule has 1 aromatic carbocycles. The van der Waals surface area contributed by atoms with Crippen LogP contribution in [0, 0.1) is 11.7 Å². The Hall–Kier alpha value is -0.640. The smallest absolute Gasteiger partial charge is 0.127 e. The van der Waals surface area contributed by atoms with Gasteiger partial charge >= 0.3 is 0 Å². The highest BCUT2D eigenvalue weighted by atomic mass is 35.5. The number of hydrogen-bond acceptors (Lipinski definition) is 2. The summed E-state index contributed by atoms with van der Waals surface area (Å²) in [5, 5.41) is 3.72. The number of nitrogens with one attached hydrogen (secondary N) is 1. The molecule has 0 radical (unpaired) electrons. The van der Waals surface area contributed by atoms with Crippen molar-refractivity contribution in [3.63, 3.8) is 0 Å². The summed E-state index contributed by atoms with van der Waals surface area (Å²) in [5.74, 6) is 0.217. The van der Waals surface area contributed by atoms with Crippen molar-refractivity contribution < 1.29 is 9.13 Å². The molecule has 0 aromatic heterocycles. The van der Waals surface area contributed by atoms with E-state index in [0.29, 0.717) is 29.0 Å². The van der Waals surface area contributed by atoms with Gasteiger partial charge in [0.1, 0.15) is 5.82 Å². The Morgan fingerprint density at radius 2 is 2.33 bits per heavy atom. The van der Waals surface area contributed by atoms with Crippen molar-refractivity contribution in [1.82, 2.24) is 5.32 Å². The molecule has 2 rings (SSSR count). The van der Waals surface area contributed by atoms with E-state index < -0.39 is 0 Å². The first-order valence-electron chi connectivity index (χ1n) is 6.33. The van der Waals surface area contributed by atoms with Crippen LogP contribution in [0.15, 0.2) is 18.2 Å². The van der Waals surface area contributed by atoms with E-state index in [-0.39, 0.29) is 11.9 Å². The first-order chi connectivity index (χ1) is 8.60. The van der Waals surface area contributed by atoms with Crippen LogP contribution in [0.1, 0.15) is 18.9 Å². The van der Waals surface area contributed by atoms with Crippen molar-refractivity contribution >= 4 is 11.6 Å². The molecule has 0 amide bonds. The second-order valence-corrected chi connectivity index (χ2v) is 5.41. The molecule has 1 aromatic rings. The highest BCUT2D eigenvalue weighted by molar-refractivity contribution is 6.30. The summed E-state index contributed by atoms with van der Waals surface area (Å²) >= 11 is 5.76. The topological polar surface area (TPSA) is 21.3 Å². The lowest BCUT2D eigenvalue weighted by Gasteiger charge is -2.22. The van der Waals surface area contributed by atoms with Gasteiger partial charge < -0.3 is 10.1 Å². The summed E-state index contributed by atoms with van der Waals surface area (Å²) in [5.41, 5.74) is 0.707. The average molecular weight is 272 g/mol. The molecule has 1 aliphatic rings. The third-order valence-electron chi connectivity index (χ3n) is 3.62. The molecule has 0 aliphatic carbocycles. The van der Waals surface area contributed by atoms with Crippen molar-refractivity contribution in [3.8, 4) is 0 Å². The molecule has 0 saturated carbocycles. The average Bonchev–Trinajstić information content (AvgIpc) is 2.75. The molecule has 1 heterocycles. The van der Waals surface area contributed by atoms with Gasteiger partial charge in [0.15, 0.2) is 0 Å². The van der Waals surface area contributed by atoms with Crippen molar-refractivity contribution in [1.29, 1.82) is 0 Å². The summed E-state index contributed by atoms with van der Waals surface area (Å²) in [6.07, 6.45) is 2.00. The van der Waals surface area contributed by atoms with Gasteiger partial charge in [-0.15, -0.1) is 0 Å². The molecule has 100 valence electrons. The van der Waals surface area contributed by atoms with Crippen LogP contribution >= 0.6 is 11.6 Å². The molecule has 3 unspecified atom stereocenters. The Kier molecular flexibility index (Phi) is 4.60. The van der Waals surface area contributed by atoms with Crippen molar-refractivity contribution in [2.45, 2.75) is 31.9 Å². The summed E-state index contributed by atoms with van der Waals surface area (Å²) in [6, 6.07) is 5.12. The maximum absolute atomic E-state index is 13.8. The Balaban J connectivity index is 2.05. The van der Waals surface area contributed by atoms with Crippen LogP contribution in [0.25, 0.3) is 0 Å². The summed E-state index contributed by atoms with van der Waals surface area (Å²) in [7, 11) is 1.92. The number of benzene rings is 1. The maximum Gasteiger partial charge on any atom is 0.127 e. The van der Waals surface area contributed by atoms with Crippen molar-refractivity contribution in [2.75, 3.05) is 13.7 Å². The van der Waals surface area contributed by atoms with Crippen molar-refractivity contribution in [2.24, 2.45) is 5.92 Å². The highest BCUT2D eigenvalue weighted by Gasteiger charge is 2.29. The number of likely N-dealkylation sites (N-methyl/N-ethyl adjacent to an activating group) is 1. The van der Waals surface area contributed by atoms with E-state index in [0.717, 1.165) is 13.0 Å². The van der Waals surface area contributed by atoms with Crippen LogP contribution in [-0.2, 0) is 11.2 Å². The lowest BCUT2D eigenvalue weighted by molar-refractivity contribution is 0.117. The number of rotatable bonds is 4. The standard InChI is InChI=1S/C14H19ClFNO/c1-9-5-11(8-18-9)14(17-2)6-10-3-4-12(15)7-13(10)16/h3-4,7,9,11,14,17H,5-6,8H2,1-2H3. The SMILES string of the molecule is CNC(Cc1ccc(Cl)cc1F)C1COC(C)C1. The number of ether oxygens (including phenoxy) is 1. The molecule has 1 fully saturated rings. The summed E-state index contributed by atoms with van der Waals surface area (Å²) in [4.78, 5) is 0. The van der Waals surface area contributed by atoms with Crippen LogP contribution in [0.5, 0.6) is 0 Å². The minimum atomic E-state index is -0.227. The quantitative estimate of drug-likeness (QED) is 0.909. The molecule has 4 heteroatoms. The van der Waals surface area contributed by atoms with E-state index in [1.165, 1.54) is 6.07 Å². The van der Waals surface area contributed by atoms with Crippen LogP contribution in [0.2, 0.25) is 5.02 Å². The minimum Gasteiger partial charge on any atom is -0.378 e. The normalized spacial score (nSPS) is 25.3. The van der Waals surface area contributed by atoms with Gasteiger partial charge in [-0.05, 0) is 44.5 Å². The zero-order valence-electron chi connectivity index (χ0n) is 10.7. The Morgan fingerprint density at radius 1 is 1.56 bits per heavy atom. The minimum absolute atomic E-state index is 0.227. The zero-order chi connectivity index (χ0) is 13.1. The van der Waals surface area contributed by atoms with Crippen LogP contribution in [0.4, 0.5) is 4.39 Å². The Morgan fingerprint density at radius 3 is 2.89 bits per heavy atom. The molecule has 1 N–H and O–H groups in total. The van der Waals surface area contributed by atoms with E-state index in [1.807, 2.05) is 7.05 Å². The van der Waals surface area contributed by atoms with Gasteiger partial charge in [-0.3, -0.25) is 0 Å². The Bertz CT molecular complexity index is 413. The largest absolute Gasteiger partial charge is 0.378 e. The van der Waals surface area contributed by atoms with E-state index in [9.17, 15) is 4.39 Å². The van der Waals surface area contributed by atoms with Crippen LogP contribution in [0.3, 0.4) is 0 Å². The first-order valence-corrected chi connectivity index (χ1v) is 6.70. The summed E-state index contributed by atoms with van der Waals surface area (Å²) < 4.78 is 19.3. The number of hydrogen-bond donors (Lipinski definition) is 1. The fourth-order valence-corrected chi connectivity index (χ4v) is 2.72. The van der Waals surface area contributed by atoms with Gasteiger partial charge in [0.05, 0.1) is 12.7 Å². The predicted molar refractivity (Wildman–Crippen MR) is 71.5 cm³/mol. The molecule has 18 heavy (non-hydrogen) atoms.